The maximum Gasteiger partial charge on any atom is 0.443 e. The highest BCUT2D eigenvalue weighted by atomic mass is 32.1. The minimum atomic E-state index is -4.40. The molecule has 0 spiro atoms. The summed E-state index contributed by atoms with van der Waals surface area (Å²) in [6, 6.07) is -0.337. The van der Waals surface area contributed by atoms with E-state index in [0.717, 1.165) is 0 Å². The van der Waals surface area contributed by atoms with Gasteiger partial charge in [-0.15, -0.1) is 11.3 Å². The first-order chi connectivity index (χ1) is 8.38. The Hall–Kier alpha value is -0.700. The summed E-state index contributed by atoms with van der Waals surface area (Å²) in [6.07, 6.45) is -1.86. The molecule has 0 radical (unpaired) electrons. The van der Waals surface area contributed by atoms with E-state index in [1.54, 1.807) is 7.11 Å². The van der Waals surface area contributed by atoms with Crippen LogP contribution in [0.1, 0.15) is 35.7 Å². The number of nitrogens with one attached hydrogen (secondary N) is 1. The van der Waals surface area contributed by atoms with Crippen LogP contribution in [-0.2, 0) is 10.9 Å². The number of methoxy groups -OCH3 is 1. The zero-order valence-corrected chi connectivity index (χ0v) is 10.9. The van der Waals surface area contributed by atoms with Crippen molar-refractivity contribution in [2.45, 2.75) is 38.1 Å². The third-order valence-corrected chi connectivity index (χ3v) is 3.73. The normalized spacial score (nSPS) is 15.7. The van der Waals surface area contributed by atoms with Gasteiger partial charge in [0.25, 0.3) is 0 Å². The number of rotatable bonds is 6. The molecule has 0 fully saturated rings. The third kappa shape index (κ3) is 4.20. The number of hydrazine groups is 1. The Balaban J connectivity index is 2.68. The van der Waals surface area contributed by atoms with Crippen molar-refractivity contribution < 1.29 is 17.9 Å². The van der Waals surface area contributed by atoms with Crippen LogP contribution in [0, 0.1) is 0 Å². The summed E-state index contributed by atoms with van der Waals surface area (Å²) >= 11 is 0.612. The predicted molar refractivity (Wildman–Crippen MR) is 62.9 cm³/mol. The minimum absolute atomic E-state index is 0.0378. The van der Waals surface area contributed by atoms with Gasteiger partial charge in [-0.05, 0) is 19.8 Å². The molecule has 4 nitrogen and oxygen atoms in total. The highest BCUT2D eigenvalue weighted by molar-refractivity contribution is 7.11. The highest BCUT2D eigenvalue weighted by Crippen LogP contribution is 2.35. The van der Waals surface area contributed by atoms with E-state index in [1.165, 1.54) is 6.20 Å². The molecule has 0 bridgehead atoms. The maximum atomic E-state index is 12.4. The monoisotopic (exact) mass is 283 g/mol. The van der Waals surface area contributed by atoms with Gasteiger partial charge in [0, 0.05) is 18.2 Å². The molecule has 0 saturated carbocycles. The average Bonchev–Trinajstić information content (AvgIpc) is 2.78. The molecule has 0 aliphatic heterocycles. The van der Waals surface area contributed by atoms with Gasteiger partial charge >= 0.3 is 6.18 Å². The van der Waals surface area contributed by atoms with Gasteiger partial charge in [0.15, 0.2) is 5.01 Å². The van der Waals surface area contributed by atoms with Gasteiger partial charge in [0.1, 0.15) is 0 Å². The third-order valence-electron chi connectivity index (χ3n) is 2.57. The van der Waals surface area contributed by atoms with E-state index >= 15 is 0 Å². The second kappa shape index (κ2) is 6.46. The zero-order chi connectivity index (χ0) is 13.8. The Morgan fingerprint density at radius 3 is 2.61 bits per heavy atom. The lowest BCUT2D eigenvalue weighted by Crippen LogP contribution is -2.28. The van der Waals surface area contributed by atoms with Gasteiger partial charge in [-0.25, -0.2) is 4.98 Å². The van der Waals surface area contributed by atoms with Crippen LogP contribution in [0.5, 0.6) is 0 Å². The quantitative estimate of drug-likeness (QED) is 0.622. The molecule has 1 rings (SSSR count). The molecule has 18 heavy (non-hydrogen) atoms. The molecule has 3 N–H and O–H groups in total. The van der Waals surface area contributed by atoms with Crippen LogP contribution >= 0.6 is 11.3 Å². The number of alkyl halides is 3. The number of hydrogen-bond donors (Lipinski definition) is 2. The number of aromatic nitrogens is 1. The summed E-state index contributed by atoms with van der Waals surface area (Å²) in [5.41, 5.74) is 2.51. The summed E-state index contributed by atoms with van der Waals surface area (Å²) in [6.45, 7) is 1.89. The summed E-state index contributed by atoms with van der Waals surface area (Å²) in [5, 5.41) is -0.850. The summed E-state index contributed by atoms with van der Waals surface area (Å²) in [7, 11) is 1.59. The van der Waals surface area contributed by atoms with Gasteiger partial charge in [0.2, 0.25) is 0 Å². The van der Waals surface area contributed by atoms with E-state index in [1.807, 2.05) is 6.92 Å². The van der Waals surface area contributed by atoms with Crippen LogP contribution in [0.25, 0.3) is 0 Å². The number of thiazole rings is 1. The molecule has 0 aliphatic carbocycles. The number of ether oxygens (including phenoxy) is 1. The number of nitrogens with zero attached hydrogens (tertiary/aromatic N) is 1. The lowest BCUT2D eigenvalue weighted by Gasteiger charge is -2.16. The van der Waals surface area contributed by atoms with Crippen LogP contribution in [0.2, 0.25) is 0 Å². The fraction of sp³-hybridized carbons (Fsp3) is 0.700. The Bertz CT molecular complexity index is 369. The van der Waals surface area contributed by atoms with E-state index < -0.39 is 11.2 Å². The van der Waals surface area contributed by atoms with Gasteiger partial charge < -0.3 is 4.74 Å². The SMILES string of the molecule is COC(C)CCC(NN)c1cnc(C(F)(F)F)s1. The van der Waals surface area contributed by atoms with Crippen molar-refractivity contribution in [3.05, 3.63) is 16.1 Å². The van der Waals surface area contributed by atoms with E-state index in [2.05, 4.69) is 10.4 Å². The lowest BCUT2D eigenvalue weighted by atomic mass is 10.1. The van der Waals surface area contributed by atoms with Gasteiger partial charge in [0.05, 0.1) is 12.1 Å². The molecular formula is C10H16F3N3OS. The number of hydrogen-bond acceptors (Lipinski definition) is 5. The predicted octanol–water partition coefficient (Wildman–Crippen LogP) is 2.48. The summed E-state index contributed by atoms with van der Waals surface area (Å²) < 4.78 is 42.3. The second-order valence-electron chi connectivity index (χ2n) is 3.91. The molecule has 2 unspecified atom stereocenters. The van der Waals surface area contributed by atoms with Gasteiger partial charge in [-0.3, -0.25) is 11.3 Å². The van der Waals surface area contributed by atoms with E-state index in [-0.39, 0.29) is 12.1 Å². The van der Waals surface area contributed by atoms with Crippen molar-refractivity contribution in [2.24, 2.45) is 5.84 Å². The molecule has 1 heterocycles. The van der Waals surface area contributed by atoms with Crippen molar-refractivity contribution in [1.82, 2.24) is 10.4 Å². The molecule has 104 valence electrons. The molecule has 0 amide bonds. The standard InChI is InChI=1S/C10H16F3N3OS/c1-6(17-2)3-4-7(16-14)8-5-15-9(18-8)10(11,12)13/h5-7,16H,3-4,14H2,1-2H3. The van der Waals surface area contributed by atoms with Crippen molar-refractivity contribution in [2.75, 3.05) is 7.11 Å². The average molecular weight is 283 g/mol. The van der Waals surface area contributed by atoms with Crippen molar-refractivity contribution in [3.8, 4) is 0 Å². The topological polar surface area (TPSA) is 60.2 Å². The minimum Gasteiger partial charge on any atom is -0.382 e. The van der Waals surface area contributed by atoms with Crippen molar-refractivity contribution in [1.29, 1.82) is 0 Å². The molecule has 8 heteroatoms. The van der Waals surface area contributed by atoms with Crippen LogP contribution in [0.4, 0.5) is 13.2 Å². The number of nitrogens with two attached hydrogens (primary N) is 1. The van der Waals surface area contributed by atoms with Crippen LogP contribution < -0.4 is 11.3 Å². The van der Waals surface area contributed by atoms with Crippen LogP contribution in [-0.4, -0.2) is 18.2 Å². The van der Waals surface area contributed by atoms with E-state index in [9.17, 15) is 13.2 Å². The fourth-order valence-electron chi connectivity index (χ4n) is 1.41. The van der Waals surface area contributed by atoms with Gasteiger partial charge in [-0.2, -0.15) is 13.2 Å². The van der Waals surface area contributed by atoms with Crippen LogP contribution in [0.15, 0.2) is 6.20 Å². The van der Waals surface area contributed by atoms with Gasteiger partial charge in [-0.1, -0.05) is 0 Å². The highest BCUT2D eigenvalue weighted by Gasteiger charge is 2.35. The Morgan fingerprint density at radius 1 is 1.50 bits per heavy atom. The fourth-order valence-corrected chi connectivity index (χ4v) is 2.28. The molecule has 1 aromatic rings. The number of halogens is 3. The van der Waals surface area contributed by atoms with Crippen molar-refractivity contribution in [3.63, 3.8) is 0 Å². The molecular weight excluding hydrogens is 267 g/mol. The maximum absolute atomic E-state index is 12.4. The van der Waals surface area contributed by atoms with E-state index in [4.69, 9.17) is 10.6 Å². The first kappa shape index (κ1) is 15.4. The first-order valence-electron chi connectivity index (χ1n) is 5.40. The lowest BCUT2D eigenvalue weighted by molar-refractivity contribution is -0.137. The molecule has 0 aromatic carbocycles. The molecule has 2 atom stereocenters. The molecule has 0 saturated heterocycles. The summed E-state index contributed by atoms with van der Waals surface area (Å²) in [4.78, 5) is 3.85. The molecule has 1 aromatic heterocycles. The largest absolute Gasteiger partial charge is 0.443 e. The summed E-state index contributed by atoms with van der Waals surface area (Å²) in [5.74, 6) is 5.36. The Morgan fingerprint density at radius 2 is 2.17 bits per heavy atom. The molecule has 0 aliphatic rings. The Labute approximate surface area is 107 Å². The second-order valence-corrected chi connectivity index (χ2v) is 4.97. The first-order valence-corrected chi connectivity index (χ1v) is 6.22. The zero-order valence-electron chi connectivity index (χ0n) is 10.1. The Kier molecular flexibility index (Phi) is 5.51. The van der Waals surface area contributed by atoms with Crippen LogP contribution in [0.3, 0.4) is 0 Å². The van der Waals surface area contributed by atoms with Crippen molar-refractivity contribution >= 4 is 11.3 Å². The van der Waals surface area contributed by atoms with E-state index in [0.29, 0.717) is 29.1 Å². The smallest absolute Gasteiger partial charge is 0.382 e.